The first-order valence-corrected chi connectivity index (χ1v) is 9.85. The maximum absolute atomic E-state index is 11.3. The second-order valence-corrected chi connectivity index (χ2v) is 8.44. The fourth-order valence-electron chi connectivity index (χ4n) is 6.54. The van der Waals surface area contributed by atoms with Crippen molar-refractivity contribution in [2.75, 3.05) is 13.1 Å². The van der Waals surface area contributed by atoms with Crippen LogP contribution in [-0.2, 0) is 0 Å². The highest BCUT2D eigenvalue weighted by molar-refractivity contribution is 5.39. The van der Waals surface area contributed by atoms with E-state index < -0.39 is 0 Å². The van der Waals surface area contributed by atoms with Gasteiger partial charge in [0.15, 0.2) is 0 Å². The number of aliphatic hydroxyl groups is 1. The Morgan fingerprint density at radius 3 is 2.26 bits per heavy atom. The van der Waals surface area contributed by atoms with Crippen LogP contribution in [0.4, 0.5) is 0 Å². The average molecular weight is 311 g/mol. The monoisotopic (exact) mass is 311 g/mol. The molecule has 0 amide bonds. The third kappa shape index (κ3) is 2.14. The molecule has 124 valence electrons. The minimum Gasteiger partial charge on any atom is -0.388 e. The zero-order valence-electron chi connectivity index (χ0n) is 14.0. The number of aliphatic hydroxyl groups excluding tert-OH is 1. The normalized spacial score (nSPS) is 43.0. The van der Waals surface area contributed by atoms with Crippen molar-refractivity contribution in [3.05, 3.63) is 35.4 Å². The van der Waals surface area contributed by atoms with Crippen LogP contribution in [0.25, 0.3) is 0 Å². The lowest BCUT2D eigenvalue weighted by Gasteiger charge is -2.59. The van der Waals surface area contributed by atoms with Gasteiger partial charge >= 0.3 is 0 Å². The van der Waals surface area contributed by atoms with E-state index in [0.717, 1.165) is 11.8 Å². The minimum atomic E-state index is -0.241. The van der Waals surface area contributed by atoms with Crippen LogP contribution in [0.2, 0.25) is 0 Å². The molecule has 4 atom stereocenters. The molecule has 1 saturated carbocycles. The molecule has 1 aromatic carbocycles. The van der Waals surface area contributed by atoms with Crippen molar-refractivity contribution < 1.29 is 5.11 Å². The van der Waals surface area contributed by atoms with E-state index in [4.69, 9.17) is 0 Å². The Morgan fingerprint density at radius 2 is 1.52 bits per heavy atom. The van der Waals surface area contributed by atoms with Crippen molar-refractivity contribution >= 4 is 0 Å². The fraction of sp³-hybridized carbons (Fsp3) is 0.714. The lowest BCUT2D eigenvalue weighted by Crippen LogP contribution is -2.60. The Morgan fingerprint density at radius 1 is 0.826 bits per heavy atom. The van der Waals surface area contributed by atoms with Crippen molar-refractivity contribution in [2.24, 2.45) is 17.8 Å². The third-order valence-electron chi connectivity index (χ3n) is 7.50. The van der Waals surface area contributed by atoms with E-state index in [0.29, 0.717) is 17.9 Å². The fourth-order valence-corrected chi connectivity index (χ4v) is 6.54. The molecule has 4 fully saturated rings. The lowest BCUT2D eigenvalue weighted by molar-refractivity contribution is -0.0816. The molecule has 0 radical (unpaired) electrons. The highest BCUT2D eigenvalue weighted by Crippen LogP contribution is 2.56. The van der Waals surface area contributed by atoms with Crippen molar-refractivity contribution in [3.63, 3.8) is 0 Å². The molecule has 0 unspecified atom stereocenters. The van der Waals surface area contributed by atoms with Gasteiger partial charge in [0.25, 0.3) is 0 Å². The number of benzene rings is 1. The van der Waals surface area contributed by atoms with Crippen LogP contribution >= 0.6 is 0 Å². The maximum Gasteiger partial charge on any atom is 0.0838 e. The summed E-state index contributed by atoms with van der Waals surface area (Å²) < 4.78 is 0. The van der Waals surface area contributed by atoms with Gasteiger partial charge < -0.3 is 5.11 Å². The lowest BCUT2D eigenvalue weighted by atomic mass is 9.57. The van der Waals surface area contributed by atoms with Crippen LogP contribution in [0.3, 0.4) is 0 Å². The van der Waals surface area contributed by atoms with Gasteiger partial charge in [-0.05, 0) is 48.9 Å². The summed E-state index contributed by atoms with van der Waals surface area (Å²) in [6, 6.07) is 9.44. The number of hydrogen-bond acceptors (Lipinski definition) is 2. The number of piperidine rings is 3. The molecule has 3 heterocycles. The summed E-state index contributed by atoms with van der Waals surface area (Å²) in [7, 11) is 0. The van der Waals surface area contributed by atoms with E-state index in [9.17, 15) is 5.11 Å². The smallest absolute Gasteiger partial charge is 0.0838 e. The van der Waals surface area contributed by atoms with Crippen LogP contribution in [0.1, 0.15) is 68.1 Å². The van der Waals surface area contributed by atoms with Gasteiger partial charge in [-0.1, -0.05) is 56.4 Å². The molecule has 5 aliphatic rings. The summed E-state index contributed by atoms with van der Waals surface area (Å²) in [5.74, 6) is 2.74. The van der Waals surface area contributed by atoms with Gasteiger partial charge in [-0.2, -0.15) is 0 Å². The van der Waals surface area contributed by atoms with Gasteiger partial charge in [-0.3, -0.25) is 4.90 Å². The Kier molecular flexibility index (Phi) is 3.52. The first kappa shape index (κ1) is 14.5. The number of nitrogens with zero attached hydrogens (tertiary/aromatic N) is 1. The van der Waals surface area contributed by atoms with E-state index in [1.807, 2.05) is 0 Å². The van der Waals surface area contributed by atoms with Crippen LogP contribution in [0.5, 0.6) is 0 Å². The average Bonchev–Trinajstić information content (AvgIpc) is 2.64. The Balaban J connectivity index is 1.60. The second kappa shape index (κ2) is 5.60. The topological polar surface area (TPSA) is 23.5 Å². The zero-order valence-corrected chi connectivity index (χ0v) is 14.0. The molecule has 2 bridgehead atoms. The van der Waals surface area contributed by atoms with Gasteiger partial charge in [0.1, 0.15) is 0 Å². The molecule has 1 aromatic rings. The molecule has 0 spiro atoms. The molecular formula is C21H29NO. The standard InChI is InChI=1S/C21H29NO/c23-21-17-9-5-4-8-16(17)18-15-10-12-22(13-11-15)20(18)19(21)14-6-2-1-3-7-14/h4-5,8-9,14-15,18-21,23H,1-3,6-7,10-13H2/t18-,19+,20-,21-/m1/s1. The van der Waals surface area contributed by atoms with Crippen LogP contribution in [-0.4, -0.2) is 29.1 Å². The van der Waals surface area contributed by atoms with Gasteiger partial charge in [0.2, 0.25) is 0 Å². The van der Waals surface area contributed by atoms with Gasteiger partial charge in [-0.15, -0.1) is 0 Å². The van der Waals surface area contributed by atoms with E-state index in [-0.39, 0.29) is 6.10 Å². The van der Waals surface area contributed by atoms with Gasteiger partial charge in [0.05, 0.1) is 6.10 Å². The predicted octanol–water partition coefficient (Wildman–Crippen LogP) is 4.11. The summed E-state index contributed by atoms with van der Waals surface area (Å²) in [5, 5.41) is 11.3. The molecule has 2 heteroatoms. The predicted molar refractivity (Wildman–Crippen MR) is 92.3 cm³/mol. The Bertz CT molecular complexity index is 571. The van der Waals surface area contributed by atoms with Crippen molar-refractivity contribution in [1.29, 1.82) is 0 Å². The van der Waals surface area contributed by atoms with Gasteiger partial charge in [-0.25, -0.2) is 0 Å². The third-order valence-corrected chi connectivity index (χ3v) is 7.50. The summed E-state index contributed by atoms with van der Waals surface area (Å²) >= 11 is 0. The van der Waals surface area contributed by atoms with E-state index in [1.165, 1.54) is 69.2 Å². The number of rotatable bonds is 1. The highest BCUT2D eigenvalue weighted by Gasteiger charge is 2.53. The SMILES string of the molecule is O[C@@H]1c2ccccc2[C@H]2C3CCN(CC3)[C@H]2[C@@H]1C1CCCCC1. The first-order chi connectivity index (χ1) is 11.3. The second-order valence-electron chi connectivity index (χ2n) is 8.44. The van der Waals surface area contributed by atoms with Crippen molar-refractivity contribution in [1.82, 2.24) is 4.90 Å². The Labute approximate surface area is 139 Å². The Hall–Kier alpha value is -0.860. The van der Waals surface area contributed by atoms with Crippen LogP contribution in [0.15, 0.2) is 24.3 Å². The zero-order chi connectivity index (χ0) is 15.4. The van der Waals surface area contributed by atoms with Crippen LogP contribution < -0.4 is 0 Å². The number of hydrogen-bond donors (Lipinski definition) is 1. The highest BCUT2D eigenvalue weighted by atomic mass is 16.3. The summed E-state index contributed by atoms with van der Waals surface area (Å²) in [5.41, 5.74) is 2.74. The summed E-state index contributed by atoms with van der Waals surface area (Å²) in [6.45, 7) is 2.54. The summed E-state index contributed by atoms with van der Waals surface area (Å²) in [6.07, 6.45) is 9.31. The first-order valence-electron chi connectivity index (χ1n) is 9.85. The molecule has 1 N–H and O–H groups in total. The molecule has 0 aromatic heterocycles. The molecule has 6 rings (SSSR count). The quantitative estimate of drug-likeness (QED) is 0.844. The number of fused-ring (bicyclic) bond motifs is 3. The largest absolute Gasteiger partial charge is 0.388 e. The maximum atomic E-state index is 11.3. The van der Waals surface area contributed by atoms with E-state index in [2.05, 4.69) is 29.2 Å². The molecule has 3 saturated heterocycles. The minimum absolute atomic E-state index is 0.241. The van der Waals surface area contributed by atoms with E-state index >= 15 is 0 Å². The van der Waals surface area contributed by atoms with E-state index in [1.54, 1.807) is 0 Å². The van der Waals surface area contributed by atoms with Crippen molar-refractivity contribution in [3.8, 4) is 0 Å². The van der Waals surface area contributed by atoms with Crippen LogP contribution in [0, 0.1) is 17.8 Å². The van der Waals surface area contributed by atoms with Gasteiger partial charge in [0, 0.05) is 17.9 Å². The molecule has 2 nitrogen and oxygen atoms in total. The molecule has 23 heavy (non-hydrogen) atoms. The molecular weight excluding hydrogens is 282 g/mol. The summed E-state index contributed by atoms with van der Waals surface area (Å²) in [4.78, 5) is 2.75. The van der Waals surface area contributed by atoms with Crippen molar-refractivity contribution in [2.45, 2.75) is 63.0 Å². The molecule has 3 aliphatic heterocycles. The molecule has 2 aliphatic carbocycles.